The van der Waals surface area contributed by atoms with E-state index in [0.29, 0.717) is 11.8 Å². The molecule has 2 aromatic rings. The molecule has 1 fully saturated rings. The SMILES string of the molecule is CCCN(CC1CCC1)C(=O)c1c(C)nc2n1CCN2c1ccc(C(C)C)cc1Br. The Morgan fingerprint density at radius 2 is 2.07 bits per heavy atom. The van der Waals surface area contributed by atoms with Gasteiger partial charge in [-0.2, -0.15) is 0 Å². The Hall–Kier alpha value is -1.82. The van der Waals surface area contributed by atoms with Crippen molar-refractivity contribution in [2.75, 3.05) is 24.5 Å². The van der Waals surface area contributed by atoms with Crippen LogP contribution in [0, 0.1) is 12.8 Å². The van der Waals surface area contributed by atoms with Gasteiger partial charge in [0.05, 0.1) is 11.4 Å². The Morgan fingerprint density at radius 1 is 1.30 bits per heavy atom. The lowest BCUT2D eigenvalue weighted by Crippen LogP contribution is -2.39. The number of hydrogen-bond donors (Lipinski definition) is 0. The number of benzene rings is 1. The van der Waals surface area contributed by atoms with Crippen molar-refractivity contribution in [3.05, 3.63) is 39.6 Å². The lowest BCUT2D eigenvalue weighted by Gasteiger charge is -2.32. The van der Waals surface area contributed by atoms with Gasteiger partial charge in [-0.25, -0.2) is 4.98 Å². The number of imidazole rings is 1. The number of hydrogen-bond acceptors (Lipinski definition) is 3. The van der Waals surface area contributed by atoms with Crippen LogP contribution in [0.2, 0.25) is 0 Å². The van der Waals surface area contributed by atoms with Gasteiger partial charge in [0.15, 0.2) is 0 Å². The second kappa shape index (κ2) is 8.74. The van der Waals surface area contributed by atoms with Crippen molar-refractivity contribution >= 4 is 33.5 Å². The van der Waals surface area contributed by atoms with E-state index in [4.69, 9.17) is 4.98 Å². The van der Waals surface area contributed by atoms with E-state index in [9.17, 15) is 4.79 Å². The summed E-state index contributed by atoms with van der Waals surface area (Å²) in [7, 11) is 0. The molecule has 1 aromatic carbocycles. The van der Waals surface area contributed by atoms with Crippen LogP contribution in [0.15, 0.2) is 22.7 Å². The van der Waals surface area contributed by atoms with E-state index in [-0.39, 0.29) is 5.91 Å². The Labute approximate surface area is 188 Å². The second-order valence-corrected chi connectivity index (χ2v) is 9.92. The molecule has 0 saturated heterocycles. The van der Waals surface area contributed by atoms with Gasteiger partial charge in [-0.1, -0.05) is 33.3 Å². The summed E-state index contributed by atoms with van der Waals surface area (Å²) in [6.07, 6.45) is 4.80. The number of aromatic nitrogens is 2. The van der Waals surface area contributed by atoms with E-state index < -0.39 is 0 Å². The molecule has 0 N–H and O–H groups in total. The molecule has 1 aromatic heterocycles. The second-order valence-electron chi connectivity index (χ2n) is 9.06. The highest BCUT2D eigenvalue weighted by Gasteiger charge is 2.33. The van der Waals surface area contributed by atoms with Crippen LogP contribution in [0.3, 0.4) is 0 Å². The largest absolute Gasteiger partial charge is 0.337 e. The molecule has 0 spiro atoms. The first-order chi connectivity index (χ1) is 14.4. The standard InChI is InChI=1S/C24H33BrN4O/c1-5-11-27(15-18-7-6-8-18)23(30)22-17(4)26-24-28(12-13-29(22)24)21-10-9-19(16(2)3)14-20(21)25/h9-10,14,16,18H,5-8,11-13,15H2,1-4H3. The van der Waals surface area contributed by atoms with Crippen LogP contribution in [-0.2, 0) is 6.54 Å². The highest BCUT2D eigenvalue weighted by atomic mass is 79.9. The van der Waals surface area contributed by atoms with Crippen LogP contribution >= 0.6 is 15.9 Å². The third-order valence-electron chi connectivity index (χ3n) is 6.53. The summed E-state index contributed by atoms with van der Waals surface area (Å²) < 4.78 is 3.21. The Balaban J connectivity index is 1.63. The minimum atomic E-state index is 0.149. The first-order valence-corrected chi connectivity index (χ1v) is 12.1. The number of aryl methyl sites for hydroxylation is 1. The van der Waals surface area contributed by atoms with Gasteiger partial charge in [-0.05, 0) is 71.6 Å². The van der Waals surface area contributed by atoms with Crippen molar-refractivity contribution in [3.8, 4) is 0 Å². The summed E-state index contributed by atoms with van der Waals surface area (Å²) in [6, 6.07) is 6.56. The number of anilines is 2. The number of nitrogens with zero attached hydrogens (tertiary/aromatic N) is 4. The van der Waals surface area contributed by atoms with Crippen LogP contribution in [0.1, 0.15) is 74.1 Å². The molecule has 30 heavy (non-hydrogen) atoms. The van der Waals surface area contributed by atoms with Crippen molar-refractivity contribution < 1.29 is 4.79 Å². The zero-order valence-corrected chi connectivity index (χ0v) is 20.2. The number of halogens is 1. The lowest BCUT2D eigenvalue weighted by molar-refractivity contribution is 0.0684. The summed E-state index contributed by atoms with van der Waals surface area (Å²) in [5.74, 6) is 2.20. The van der Waals surface area contributed by atoms with E-state index in [1.807, 2.05) is 6.92 Å². The zero-order chi connectivity index (χ0) is 21.4. The molecule has 4 rings (SSSR count). The zero-order valence-electron chi connectivity index (χ0n) is 18.6. The third-order valence-corrected chi connectivity index (χ3v) is 7.16. The molecule has 0 unspecified atom stereocenters. The van der Waals surface area contributed by atoms with Crippen molar-refractivity contribution in [2.45, 2.75) is 65.8 Å². The van der Waals surface area contributed by atoms with Crippen LogP contribution in [0.4, 0.5) is 11.6 Å². The fourth-order valence-corrected chi connectivity index (χ4v) is 5.17. The summed E-state index contributed by atoms with van der Waals surface area (Å²) in [6.45, 7) is 11.9. The van der Waals surface area contributed by atoms with Crippen molar-refractivity contribution in [2.24, 2.45) is 5.92 Å². The highest BCUT2D eigenvalue weighted by molar-refractivity contribution is 9.10. The van der Waals surface area contributed by atoms with Crippen molar-refractivity contribution in [1.82, 2.24) is 14.5 Å². The quantitative estimate of drug-likeness (QED) is 0.504. The monoisotopic (exact) mass is 472 g/mol. The first kappa shape index (κ1) is 21.4. The van der Waals surface area contributed by atoms with E-state index in [0.717, 1.165) is 60.1 Å². The first-order valence-electron chi connectivity index (χ1n) is 11.3. The fourth-order valence-electron chi connectivity index (χ4n) is 4.56. The van der Waals surface area contributed by atoms with Gasteiger partial charge < -0.3 is 14.4 Å². The maximum absolute atomic E-state index is 13.5. The molecule has 0 bridgehead atoms. The predicted molar refractivity (Wildman–Crippen MR) is 126 cm³/mol. The Morgan fingerprint density at radius 3 is 2.67 bits per heavy atom. The predicted octanol–water partition coefficient (Wildman–Crippen LogP) is 5.88. The van der Waals surface area contributed by atoms with E-state index in [1.165, 1.54) is 24.8 Å². The molecule has 1 aliphatic heterocycles. The van der Waals surface area contributed by atoms with Crippen LogP contribution in [0.25, 0.3) is 0 Å². The smallest absolute Gasteiger partial charge is 0.272 e. The van der Waals surface area contributed by atoms with Crippen LogP contribution in [0.5, 0.6) is 0 Å². The number of fused-ring (bicyclic) bond motifs is 1. The topological polar surface area (TPSA) is 41.4 Å². The summed E-state index contributed by atoms with van der Waals surface area (Å²) in [4.78, 5) is 22.7. The van der Waals surface area contributed by atoms with Crippen molar-refractivity contribution in [1.29, 1.82) is 0 Å². The number of rotatable bonds is 7. The van der Waals surface area contributed by atoms with Gasteiger partial charge in [0.2, 0.25) is 5.95 Å². The number of amides is 1. The normalized spacial score (nSPS) is 16.1. The molecule has 5 nitrogen and oxygen atoms in total. The molecular formula is C24H33BrN4O. The molecule has 0 radical (unpaired) electrons. The fraction of sp³-hybridized carbons (Fsp3) is 0.583. The van der Waals surface area contributed by atoms with Crippen LogP contribution < -0.4 is 4.90 Å². The van der Waals surface area contributed by atoms with E-state index >= 15 is 0 Å². The average molecular weight is 473 g/mol. The van der Waals surface area contributed by atoms with Crippen molar-refractivity contribution in [3.63, 3.8) is 0 Å². The van der Waals surface area contributed by atoms with Gasteiger partial charge in [-0.3, -0.25) is 4.79 Å². The molecule has 1 amide bonds. The molecule has 1 saturated carbocycles. The van der Waals surface area contributed by atoms with Gasteiger partial charge in [-0.15, -0.1) is 0 Å². The molecular weight excluding hydrogens is 440 g/mol. The molecule has 2 heterocycles. The maximum Gasteiger partial charge on any atom is 0.272 e. The van der Waals surface area contributed by atoms with Crippen LogP contribution in [-0.4, -0.2) is 40.0 Å². The number of carbonyl (C=O) groups is 1. The minimum absolute atomic E-state index is 0.149. The number of carbonyl (C=O) groups excluding carboxylic acids is 1. The summed E-state index contributed by atoms with van der Waals surface area (Å²) in [5, 5.41) is 0. The molecule has 162 valence electrons. The van der Waals surface area contributed by atoms with E-state index in [2.05, 4.69) is 69.3 Å². The minimum Gasteiger partial charge on any atom is -0.337 e. The Kier molecular flexibility index (Phi) is 6.24. The Bertz CT molecular complexity index is 932. The average Bonchev–Trinajstić information content (AvgIpc) is 3.20. The van der Waals surface area contributed by atoms with E-state index in [1.54, 1.807) is 0 Å². The van der Waals surface area contributed by atoms with Gasteiger partial charge in [0, 0.05) is 30.7 Å². The summed E-state index contributed by atoms with van der Waals surface area (Å²) in [5.41, 5.74) is 4.04. The van der Waals surface area contributed by atoms with Gasteiger partial charge in [0.25, 0.3) is 5.91 Å². The highest BCUT2D eigenvalue weighted by Crippen LogP contribution is 2.38. The summed E-state index contributed by atoms with van der Waals surface area (Å²) >= 11 is 3.76. The molecule has 0 atom stereocenters. The van der Waals surface area contributed by atoms with Gasteiger partial charge in [0.1, 0.15) is 5.69 Å². The maximum atomic E-state index is 13.5. The third kappa shape index (κ3) is 3.91. The van der Waals surface area contributed by atoms with Gasteiger partial charge >= 0.3 is 0 Å². The lowest BCUT2D eigenvalue weighted by atomic mass is 9.85. The molecule has 6 heteroatoms. The molecule has 1 aliphatic carbocycles. The molecule has 2 aliphatic rings.